The van der Waals surface area contributed by atoms with Crippen molar-refractivity contribution in [2.45, 2.75) is 0 Å². The molecule has 2 saturated heterocycles. The van der Waals surface area contributed by atoms with Gasteiger partial charge < -0.3 is 20.3 Å². The maximum atomic E-state index is 5.38. The fourth-order valence-corrected chi connectivity index (χ4v) is 2.41. The third-order valence-corrected chi connectivity index (χ3v) is 3.61. The van der Waals surface area contributed by atoms with Gasteiger partial charge in [-0.05, 0) is 12.2 Å². The summed E-state index contributed by atoms with van der Waals surface area (Å²) in [4.78, 5) is 4.65. The van der Waals surface area contributed by atoms with E-state index >= 15 is 0 Å². The van der Waals surface area contributed by atoms with Gasteiger partial charge in [0.15, 0.2) is 5.11 Å². The molecule has 0 aliphatic carbocycles. The van der Waals surface area contributed by atoms with Crippen molar-refractivity contribution in [1.82, 2.24) is 20.4 Å². The minimum Gasteiger partial charge on any atom is -0.379 e. The van der Waals surface area contributed by atoms with Gasteiger partial charge in [-0.2, -0.15) is 0 Å². The zero-order valence-electron chi connectivity index (χ0n) is 10.3. The van der Waals surface area contributed by atoms with E-state index in [2.05, 4.69) is 20.4 Å². The largest absolute Gasteiger partial charge is 0.379 e. The Labute approximate surface area is 108 Å². The van der Waals surface area contributed by atoms with Crippen LogP contribution in [0.2, 0.25) is 0 Å². The SMILES string of the molecule is S=C(NCCN1CCOCC1)N1CCNCC1. The van der Waals surface area contributed by atoms with Crippen LogP contribution in [-0.4, -0.2) is 80.5 Å². The van der Waals surface area contributed by atoms with E-state index in [4.69, 9.17) is 17.0 Å². The van der Waals surface area contributed by atoms with E-state index in [9.17, 15) is 0 Å². The molecule has 0 amide bonds. The molecular formula is C11H22N4OS. The van der Waals surface area contributed by atoms with E-state index in [1.807, 2.05) is 0 Å². The summed E-state index contributed by atoms with van der Waals surface area (Å²) < 4.78 is 5.32. The summed E-state index contributed by atoms with van der Waals surface area (Å²) in [7, 11) is 0. The van der Waals surface area contributed by atoms with Crippen molar-refractivity contribution in [2.75, 3.05) is 65.6 Å². The lowest BCUT2D eigenvalue weighted by Gasteiger charge is -2.31. The van der Waals surface area contributed by atoms with E-state index in [-0.39, 0.29) is 0 Å². The third kappa shape index (κ3) is 4.39. The van der Waals surface area contributed by atoms with Gasteiger partial charge in [-0.25, -0.2) is 0 Å². The molecule has 2 rings (SSSR count). The molecule has 2 N–H and O–H groups in total. The highest BCUT2D eigenvalue weighted by Crippen LogP contribution is 1.96. The Balaban J connectivity index is 1.58. The molecule has 0 radical (unpaired) electrons. The van der Waals surface area contributed by atoms with Crippen molar-refractivity contribution in [3.63, 3.8) is 0 Å². The molecule has 0 atom stereocenters. The van der Waals surface area contributed by atoms with Gasteiger partial charge in [-0.15, -0.1) is 0 Å². The number of ether oxygens (including phenoxy) is 1. The van der Waals surface area contributed by atoms with Gasteiger partial charge >= 0.3 is 0 Å². The van der Waals surface area contributed by atoms with Crippen LogP contribution in [0.4, 0.5) is 0 Å². The second-order valence-electron chi connectivity index (χ2n) is 4.42. The van der Waals surface area contributed by atoms with Gasteiger partial charge in [-0.3, -0.25) is 4.90 Å². The molecule has 0 spiro atoms. The zero-order chi connectivity index (χ0) is 11.9. The lowest BCUT2D eigenvalue weighted by atomic mass is 10.4. The van der Waals surface area contributed by atoms with Gasteiger partial charge in [0.05, 0.1) is 13.2 Å². The quantitative estimate of drug-likeness (QED) is 0.639. The van der Waals surface area contributed by atoms with Gasteiger partial charge in [0.2, 0.25) is 0 Å². The monoisotopic (exact) mass is 258 g/mol. The zero-order valence-corrected chi connectivity index (χ0v) is 11.1. The second-order valence-corrected chi connectivity index (χ2v) is 4.81. The van der Waals surface area contributed by atoms with Crippen LogP contribution >= 0.6 is 12.2 Å². The molecule has 0 aromatic heterocycles. The summed E-state index contributed by atoms with van der Waals surface area (Å²) in [6, 6.07) is 0. The summed E-state index contributed by atoms with van der Waals surface area (Å²) >= 11 is 5.38. The molecule has 0 saturated carbocycles. The fraction of sp³-hybridized carbons (Fsp3) is 0.909. The van der Waals surface area contributed by atoms with Crippen molar-refractivity contribution in [3.8, 4) is 0 Å². The van der Waals surface area contributed by atoms with Crippen LogP contribution in [0.5, 0.6) is 0 Å². The molecule has 98 valence electrons. The standard InChI is InChI=1S/C11H22N4OS/c17-11(15-5-1-12-2-6-15)13-3-4-14-7-9-16-10-8-14/h12H,1-10H2,(H,13,17). The average molecular weight is 258 g/mol. The maximum Gasteiger partial charge on any atom is 0.169 e. The first-order valence-corrected chi connectivity index (χ1v) is 6.81. The summed E-state index contributed by atoms with van der Waals surface area (Å²) in [6.07, 6.45) is 0. The number of thiocarbonyl (C=S) groups is 1. The molecule has 2 aliphatic heterocycles. The minimum absolute atomic E-state index is 0.863. The predicted octanol–water partition coefficient (Wildman–Crippen LogP) is -0.902. The first-order valence-electron chi connectivity index (χ1n) is 6.40. The molecule has 2 fully saturated rings. The van der Waals surface area contributed by atoms with Crippen LogP contribution in [0.15, 0.2) is 0 Å². The number of rotatable bonds is 3. The highest BCUT2D eigenvalue weighted by Gasteiger charge is 2.13. The van der Waals surface area contributed by atoms with Crippen LogP contribution in [0.1, 0.15) is 0 Å². The Morgan fingerprint density at radius 3 is 2.59 bits per heavy atom. The Morgan fingerprint density at radius 1 is 1.18 bits per heavy atom. The fourth-order valence-electron chi connectivity index (χ4n) is 2.13. The average Bonchev–Trinajstić information content (AvgIpc) is 2.41. The summed E-state index contributed by atoms with van der Waals surface area (Å²) in [5.74, 6) is 0. The molecule has 6 heteroatoms. The molecule has 5 nitrogen and oxygen atoms in total. The molecule has 0 aromatic rings. The van der Waals surface area contributed by atoms with Gasteiger partial charge in [0, 0.05) is 52.4 Å². The summed E-state index contributed by atoms with van der Waals surface area (Å²) in [5.41, 5.74) is 0. The number of hydrogen-bond acceptors (Lipinski definition) is 4. The first-order chi connectivity index (χ1) is 8.36. The lowest BCUT2D eigenvalue weighted by molar-refractivity contribution is 0.0388. The molecule has 17 heavy (non-hydrogen) atoms. The van der Waals surface area contributed by atoms with E-state index in [0.717, 1.165) is 70.7 Å². The van der Waals surface area contributed by atoms with Crippen LogP contribution in [0.25, 0.3) is 0 Å². The van der Waals surface area contributed by atoms with E-state index in [0.29, 0.717) is 0 Å². The number of morpholine rings is 1. The van der Waals surface area contributed by atoms with E-state index in [1.165, 1.54) is 0 Å². The van der Waals surface area contributed by atoms with Crippen LogP contribution < -0.4 is 10.6 Å². The third-order valence-electron chi connectivity index (χ3n) is 3.21. The van der Waals surface area contributed by atoms with Crippen molar-refractivity contribution >= 4 is 17.3 Å². The van der Waals surface area contributed by atoms with Crippen molar-refractivity contribution in [2.24, 2.45) is 0 Å². The van der Waals surface area contributed by atoms with Gasteiger partial charge in [-0.1, -0.05) is 0 Å². The Bertz CT molecular complexity index is 240. The van der Waals surface area contributed by atoms with Crippen molar-refractivity contribution < 1.29 is 4.74 Å². The molecule has 2 aliphatic rings. The van der Waals surface area contributed by atoms with Crippen LogP contribution in [0, 0.1) is 0 Å². The Hall–Kier alpha value is -0.430. The molecule has 2 heterocycles. The Morgan fingerprint density at radius 2 is 1.88 bits per heavy atom. The first kappa shape index (κ1) is 13.0. The highest BCUT2D eigenvalue weighted by molar-refractivity contribution is 7.80. The second kappa shape index (κ2) is 7.10. The predicted molar refractivity (Wildman–Crippen MR) is 72.3 cm³/mol. The molecular weight excluding hydrogens is 236 g/mol. The molecule has 0 unspecified atom stereocenters. The van der Waals surface area contributed by atoms with Crippen LogP contribution in [-0.2, 0) is 4.74 Å². The number of piperazine rings is 1. The number of hydrogen-bond donors (Lipinski definition) is 2. The summed E-state index contributed by atoms with van der Waals surface area (Å²) in [5, 5.41) is 7.58. The van der Waals surface area contributed by atoms with E-state index in [1.54, 1.807) is 0 Å². The smallest absolute Gasteiger partial charge is 0.169 e. The maximum absolute atomic E-state index is 5.38. The highest BCUT2D eigenvalue weighted by atomic mass is 32.1. The van der Waals surface area contributed by atoms with Gasteiger partial charge in [0.1, 0.15) is 0 Å². The van der Waals surface area contributed by atoms with Crippen molar-refractivity contribution in [3.05, 3.63) is 0 Å². The topological polar surface area (TPSA) is 39.8 Å². The van der Waals surface area contributed by atoms with E-state index < -0.39 is 0 Å². The lowest BCUT2D eigenvalue weighted by Crippen LogP contribution is -2.51. The Kier molecular flexibility index (Phi) is 5.44. The molecule has 0 aromatic carbocycles. The molecule has 0 bridgehead atoms. The number of nitrogens with zero attached hydrogens (tertiary/aromatic N) is 2. The summed E-state index contributed by atoms with van der Waals surface area (Å²) in [6.45, 7) is 9.90. The van der Waals surface area contributed by atoms with Crippen molar-refractivity contribution in [1.29, 1.82) is 0 Å². The normalized spacial score (nSPS) is 22.5. The van der Waals surface area contributed by atoms with Crippen LogP contribution in [0.3, 0.4) is 0 Å². The minimum atomic E-state index is 0.863. The number of nitrogens with one attached hydrogen (secondary N) is 2. The van der Waals surface area contributed by atoms with Gasteiger partial charge in [0.25, 0.3) is 0 Å².